The molecule has 0 saturated carbocycles. The average Bonchev–Trinajstić information content (AvgIpc) is 2.99. The summed E-state index contributed by atoms with van der Waals surface area (Å²) >= 11 is 0. The van der Waals surface area contributed by atoms with Gasteiger partial charge in [0.15, 0.2) is 9.84 Å². The molecule has 1 unspecified atom stereocenters. The summed E-state index contributed by atoms with van der Waals surface area (Å²) in [7, 11) is -2.93. The van der Waals surface area contributed by atoms with Crippen molar-refractivity contribution < 1.29 is 13.2 Å². The highest BCUT2D eigenvalue weighted by Gasteiger charge is 2.28. The van der Waals surface area contributed by atoms with E-state index >= 15 is 0 Å². The molecule has 3 heterocycles. The van der Waals surface area contributed by atoms with E-state index in [4.69, 9.17) is 0 Å². The topological polar surface area (TPSA) is 79.4 Å². The number of amides is 1. The van der Waals surface area contributed by atoms with E-state index in [1.807, 2.05) is 23.1 Å². The van der Waals surface area contributed by atoms with Crippen molar-refractivity contribution >= 4 is 27.2 Å². The number of pyridine rings is 1. The maximum atomic E-state index is 12.9. The zero-order chi connectivity index (χ0) is 18.1. The molecule has 1 atom stereocenters. The molecule has 2 aliphatic rings. The molecule has 0 aliphatic carbocycles. The van der Waals surface area contributed by atoms with Gasteiger partial charge in [0, 0.05) is 24.5 Å². The van der Waals surface area contributed by atoms with Gasteiger partial charge in [0.25, 0.3) is 5.91 Å². The number of benzene rings is 1. The summed E-state index contributed by atoms with van der Waals surface area (Å²) in [6.45, 7) is 0.704. The van der Waals surface area contributed by atoms with Crippen LogP contribution in [0.5, 0.6) is 0 Å². The highest BCUT2D eigenvalue weighted by molar-refractivity contribution is 7.91. The average molecular weight is 371 g/mol. The fourth-order valence-electron chi connectivity index (χ4n) is 3.62. The van der Waals surface area contributed by atoms with Crippen molar-refractivity contribution in [3.05, 3.63) is 53.7 Å². The van der Waals surface area contributed by atoms with Crippen LogP contribution in [0.25, 0.3) is 0 Å². The van der Waals surface area contributed by atoms with Crippen LogP contribution < -0.4 is 10.2 Å². The van der Waals surface area contributed by atoms with Crippen molar-refractivity contribution in [2.45, 2.75) is 25.3 Å². The van der Waals surface area contributed by atoms with Gasteiger partial charge in [-0.2, -0.15) is 0 Å². The molecular formula is C19H21N3O3S. The number of fused-ring (bicyclic) bond motifs is 1. The molecule has 1 amide bonds. The van der Waals surface area contributed by atoms with Gasteiger partial charge in [-0.15, -0.1) is 0 Å². The second-order valence-electron chi connectivity index (χ2n) is 6.87. The van der Waals surface area contributed by atoms with Crippen LogP contribution in [-0.4, -0.2) is 43.4 Å². The van der Waals surface area contributed by atoms with Crippen LogP contribution in [0.2, 0.25) is 0 Å². The molecule has 0 radical (unpaired) electrons. The normalized spacial score (nSPS) is 21.2. The first-order chi connectivity index (χ1) is 12.5. The van der Waals surface area contributed by atoms with Crippen LogP contribution in [0, 0.1) is 0 Å². The van der Waals surface area contributed by atoms with Crippen LogP contribution in [0.1, 0.15) is 28.8 Å². The number of hydrogen-bond donors (Lipinski definition) is 1. The quantitative estimate of drug-likeness (QED) is 0.895. The Labute approximate surface area is 153 Å². The minimum absolute atomic E-state index is 0.0559. The number of nitrogens with zero attached hydrogens (tertiary/aromatic N) is 2. The molecule has 1 aromatic carbocycles. The molecule has 6 nitrogen and oxygen atoms in total. The molecule has 26 heavy (non-hydrogen) atoms. The lowest BCUT2D eigenvalue weighted by Crippen LogP contribution is -2.35. The summed E-state index contributed by atoms with van der Waals surface area (Å²) in [6.07, 6.45) is 4.10. The van der Waals surface area contributed by atoms with Crippen LogP contribution in [0.4, 0.5) is 11.5 Å². The lowest BCUT2D eigenvalue weighted by Gasteiger charge is -2.29. The lowest BCUT2D eigenvalue weighted by atomic mass is 10.0. The van der Waals surface area contributed by atoms with E-state index in [-0.39, 0.29) is 23.5 Å². The van der Waals surface area contributed by atoms with Gasteiger partial charge in [-0.1, -0.05) is 18.2 Å². The van der Waals surface area contributed by atoms with E-state index in [1.54, 1.807) is 18.3 Å². The summed E-state index contributed by atoms with van der Waals surface area (Å²) < 4.78 is 23.1. The number of carbonyl (C=O) groups is 1. The molecule has 4 rings (SSSR count). The molecule has 0 spiro atoms. The van der Waals surface area contributed by atoms with Crippen molar-refractivity contribution in [1.29, 1.82) is 0 Å². The SMILES string of the molecule is O=C(c1ccc(NC2CCS(=O)(=O)C2)nc1)N1CCCc2ccccc21. The second-order valence-corrected chi connectivity index (χ2v) is 9.09. The van der Waals surface area contributed by atoms with Crippen molar-refractivity contribution in [3.63, 3.8) is 0 Å². The van der Waals surface area contributed by atoms with E-state index < -0.39 is 9.84 Å². The minimum atomic E-state index is -2.93. The van der Waals surface area contributed by atoms with Gasteiger partial charge >= 0.3 is 0 Å². The number of nitrogens with one attached hydrogen (secondary N) is 1. The third-order valence-corrected chi connectivity index (χ3v) is 6.72. The summed E-state index contributed by atoms with van der Waals surface area (Å²) in [5, 5.41) is 3.14. The van der Waals surface area contributed by atoms with Crippen LogP contribution in [-0.2, 0) is 16.3 Å². The Balaban J connectivity index is 1.48. The highest BCUT2D eigenvalue weighted by Crippen LogP contribution is 2.28. The van der Waals surface area contributed by atoms with Gasteiger partial charge in [0.1, 0.15) is 5.82 Å². The third-order valence-electron chi connectivity index (χ3n) is 4.95. The Hall–Kier alpha value is -2.41. The van der Waals surface area contributed by atoms with Crippen molar-refractivity contribution in [3.8, 4) is 0 Å². The van der Waals surface area contributed by atoms with Gasteiger partial charge in [0.2, 0.25) is 0 Å². The molecule has 1 saturated heterocycles. The van der Waals surface area contributed by atoms with Gasteiger partial charge in [0.05, 0.1) is 17.1 Å². The van der Waals surface area contributed by atoms with Gasteiger partial charge in [-0.05, 0) is 43.0 Å². The highest BCUT2D eigenvalue weighted by atomic mass is 32.2. The van der Waals surface area contributed by atoms with Gasteiger partial charge < -0.3 is 10.2 Å². The fraction of sp³-hybridized carbons (Fsp3) is 0.368. The molecular weight excluding hydrogens is 350 g/mol. The first-order valence-corrected chi connectivity index (χ1v) is 10.7. The monoisotopic (exact) mass is 371 g/mol. The molecule has 2 aromatic rings. The summed E-state index contributed by atoms with van der Waals surface area (Å²) in [5.41, 5.74) is 2.70. The van der Waals surface area contributed by atoms with Crippen LogP contribution in [0.15, 0.2) is 42.6 Å². The first kappa shape index (κ1) is 17.0. The van der Waals surface area contributed by atoms with E-state index in [2.05, 4.69) is 16.4 Å². The number of carbonyl (C=O) groups excluding carboxylic acids is 1. The number of aromatic nitrogens is 1. The Morgan fingerprint density at radius 1 is 1.19 bits per heavy atom. The Morgan fingerprint density at radius 2 is 2.04 bits per heavy atom. The zero-order valence-electron chi connectivity index (χ0n) is 14.4. The minimum Gasteiger partial charge on any atom is -0.366 e. The van der Waals surface area contributed by atoms with E-state index in [0.717, 1.165) is 18.5 Å². The summed E-state index contributed by atoms with van der Waals surface area (Å²) in [4.78, 5) is 19.0. The van der Waals surface area contributed by atoms with Crippen molar-refractivity contribution in [2.24, 2.45) is 0 Å². The maximum absolute atomic E-state index is 12.9. The van der Waals surface area contributed by atoms with Gasteiger partial charge in [-0.3, -0.25) is 4.79 Å². The predicted octanol–water partition coefficient (Wildman–Crippen LogP) is 2.27. The molecule has 1 aromatic heterocycles. The number of anilines is 2. The Kier molecular flexibility index (Phi) is 4.40. The Morgan fingerprint density at radius 3 is 2.77 bits per heavy atom. The Bertz CT molecular complexity index is 925. The maximum Gasteiger partial charge on any atom is 0.259 e. The van der Waals surface area contributed by atoms with Crippen LogP contribution >= 0.6 is 0 Å². The molecule has 136 valence electrons. The number of aryl methyl sites for hydroxylation is 1. The molecule has 1 fully saturated rings. The molecule has 1 N–H and O–H groups in total. The predicted molar refractivity (Wildman–Crippen MR) is 101 cm³/mol. The third kappa shape index (κ3) is 3.44. The molecule has 7 heteroatoms. The van der Waals surface area contributed by atoms with E-state index in [9.17, 15) is 13.2 Å². The molecule has 2 aliphatic heterocycles. The number of para-hydroxylation sites is 1. The van der Waals surface area contributed by atoms with Gasteiger partial charge in [-0.25, -0.2) is 13.4 Å². The smallest absolute Gasteiger partial charge is 0.259 e. The number of rotatable bonds is 3. The largest absolute Gasteiger partial charge is 0.366 e. The number of hydrogen-bond acceptors (Lipinski definition) is 5. The zero-order valence-corrected chi connectivity index (χ0v) is 15.2. The summed E-state index contributed by atoms with van der Waals surface area (Å²) in [6, 6.07) is 11.4. The second kappa shape index (κ2) is 6.72. The standard InChI is InChI=1S/C19H21N3O3S/c23-19(22-10-3-5-14-4-1-2-6-17(14)22)15-7-8-18(20-12-15)21-16-9-11-26(24,25)13-16/h1-2,4,6-8,12,16H,3,5,9-11,13H2,(H,20,21). The molecule has 0 bridgehead atoms. The summed E-state index contributed by atoms with van der Waals surface area (Å²) in [5.74, 6) is 0.901. The van der Waals surface area contributed by atoms with E-state index in [1.165, 1.54) is 5.56 Å². The van der Waals surface area contributed by atoms with Crippen molar-refractivity contribution in [1.82, 2.24) is 4.98 Å². The van der Waals surface area contributed by atoms with Crippen molar-refractivity contribution in [2.75, 3.05) is 28.3 Å². The lowest BCUT2D eigenvalue weighted by molar-refractivity contribution is 0.0985. The fourth-order valence-corrected chi connectivity index (χ4v) is 5.30. The first-order valence-electron chi connectivity index (χ1n) is 8.85. The van der Waals surface area contributed by atoms with Crippen LogP contribution in [0.3, 0.4) is 0 Å². The van der Waals surface area contributed by atoms with E-state index in [0.29, 0.717) is 24.3 Å². The number of sulfone groups is 1.